The normalized spacial score (nSPS) is 10.8. The molecule has 0 saturated heterocycles. The average Bonchev–Trinajstić information content (AvgIpc) is 2.47. The predicted octanol–water partition coefficient (Wildman–Crippen LogP) is 3.68. The van der Waals surface area contributed by atoms with Gasteiger partial charge in [0, 0.05) is 5.69 Å². The van der Waals surface area contributed by atoms with Crippen molar-refractivity contribution in [2.45, 2.75) is 6.92 Å². The van der Waals surface area contributed by atoms with Crippen LogP contribution in [-0.4, -0.2) is 5.91 Å². The molecule has 0 saturated carbocycles. The predicted molar refractivity (Wildman–Crippen MR) is 79.8 cm³/mol. The van der Waals surface area contributed by atoms with Crippen LogP contribution < -0.4 is 5.32 Å². The molecule has 0 aliphatic rings. The molecule has 1 amide bonds. The van der Waals surface area contributed by atoms with E-state index in [4.69, 9.17) is 5.26 Å². The zero-order chi connectivity index (χ0) is 15.2. The van der Waals surface area contributed by atoms with Crippen molar-refractivity contribution in [3.05, 3.63) is 71.0 Å². The molecule has 4 heteroatoms. The first-order valence-corrected chi connectivity index (χ1v) is 6.34. The highest BCUT2D eigenvalue weighted by Gasteiger charge is 2.10. The molecule has 0 radical (unpaired) electrons. The molecular weight excluding hydrogens is 267 g/mol. The van der Waals surface area contributed by atoms with Crippen molar-refractivity contribution in [1.82, 2.24) is 0 Å². The molecule has 0 fully saturated rings. The van der Waals surface area contributed by atoms with E-state index >= 15 is 0 Å². The second-order valence-electron chi connectivity index (χ2n) is 4.49. The zero-order valence-electron chi connectivity index (χ0n) is 11.4. The molecule has 3 nitrogen and oxygen atoms in total. The molecule has 0 bridgehead atoms. The van der Waals surface area contributed by atoms with E-state index in [1.165, 1.54) is 24.3 Å². The maximum Gasteiger partial charge on any atom is 0.266 e. The van der Waals surface area contributed by atoms with Crippen molar-refractivity contribution in [3.63, 3.8) is 0 Å². The number of carbonyl (C=O) groups is 1. The number of aryl methyl sites for hydroxylation is 1. The third-order valence-electron chi connectivity index (χ3n) is 2.92. The van der Waals surface area contributed by atoms with Gasteiger partial charge in [-0.15, -0.1) is 0 Å². The first-order chi connectivity index (χ1) is 10.1. The van der Waals surface area contributed by atoms with E-state index in [2.05, 4.69) is 5.32 Å². The van der Waals surface area contributed by atoms with E-state index in [0.717, 1.165) is 5.56 Å². The maximum absolute atomic E-state index is 13.1. The van der Waals surface area contributed by atoms with Crippen LogP contribution in [0.4, 0.5) is 10.1 Å². The lowest BCUT2D eigenvalue weighted by Crippen LogP contribution is -2.14. The maximum atomic E-state index is 13.1. The summed E-state index contributed by atoms with van der Waals surface area (Å²) in [7, 11) is 0. The Kier molecular flexibility index (Phi) is 4.47. The lowest BCUT2D eigenvalue weighted by molar-refractivity contribution is -0.112. The molecule has 0 aromatic heterocycles. The van der Waals surface area contributed by atoms with Gasteiger partial charge in [-0.1, -0.05) is 30.3 Å². The Labute approximate surface area is 122 Å². The first kappa shape index (κ1) is 14.5. The van der Waals surface area contributed by atoms with Gasteiger partial charge in [0.15, 0.2) is 0 Å². The number of hydrogen-bond acceptors (Lipinski definition) is 2. The van der Waals surface area contributed by atoms with Crippen molar-refractivity contribution < 1.29 is 9.18 Å². The third-order valence-corrected chi connectivity index (χ3v) is 2.92. The fraction of sp³-hybridized carbons (Fsp3) is 0.0588. The van der Waals surface area contributed by atoms with Gasteiger partial charge in [0.2, 0.25) is 0 Å². The number of rotatable bonds is 3. The molecule has 1 N–H and O–H groups in total. The summed E-state index contributed by atoms with van der Waals surface area (Å²) in [6.07, 6.45) is 1.36. The molecule has 2 aromatic rings. The Morgan fingerprint density at radius 1 is 1.24 bits per heavy atom. The summed E-state index contributed by atoms with van der Waals surface area (Å²) >= 11 is 0. The van der Waals surface area contributed by atoms with E-state index in [0.29, 0.717) is 11.3 Å². The van der Waals surface area contributed by atoms with Crippen LogP contribution >= 0.6 is 0 Å². The van der Waals surface area contributed by atoms with Crippen LogP contribution in [0.5, 0.6) is 0 Å². The molecule has 21 heavy (non-hydrogen) atoms. The van der Waals surface area contributed by atoms with Gasteiger partial charge >= 0.3 is 0 Å². The molecule has 0 heterocycles. The van der Waals surface area contributed by atoms with E-state index in [-0.39, 0.29) is 5.57 Å². The van der Waals surface area contributed by atoms with Gasteiger partial charge in [-0.2, -0.15) is 5.26 Å². The van der Waals surface area contributed by atoms with Crippen molar-refractivity contribution in [2.24, 2.45) is 0 Å². The van der Waals surface area contributed by atoms with Crippen molar-refractivity contribution in [2.75, 3.05) is 5.32 Å². The highest BCUT2D eigenvalue weighted by atomic mass is 19.1. The van der Waals surface area contributed by atoms with E-state index < -0.39 is 11.7 Å². The van der Waals surface area contributed by atoms with Crippen molar-refractivity contribution in [3.8, 4) is 6.07 Å². The van der Waals surface area contributed by atoms with E-state index in [9.17, 15) is 9.18 Å². The molecule has 2 aromatic carbocycles. The zero-order valence-corrected chi connectivity index (χ0v) is 11.4. The fourth-order valence-electron chi connectivity index (χ4n) is 1.81. The lowest BCUT2D eigenvalue weighted by atomic mass is 10.1. The smallest absolute Gasteiger partial charge is 0.266 e. The second kappa shape index (κ2) is 6.49. The first-order valence-electron chi connectivity index (χ1n) is 6.34. The number of halogens is 1. The highest BCUT2D eigenvalue weighted by Crippen LogP contribution is 2.15. The summed E-state index contributed by atoms with van der Waals surface area (Å²) in [6, 6.07) is 14.8. The Morgan fingerprint density at radius 3 is 2.67 bits per heavy atom. The molecular formula is C17H13FN2O. The van der Waals surface area contributed by atoms with E-state index in [1.807, 2.05) is 25.1 Å². The van der Waals surface area contributed by atoms with Gasteiger partial charge in [-0.3, -0.25) is 4.79 Å². The number of amides is 1. The molecule has 0 unspecified atom stereocenters. The van der Waals surface area contributed by atoms with Gasteiger partial charge in [-0.05, 0) is 42.3 Å². The number of carbonyl (C=O) groups excluding carboxylic acids is 1. The van der Waals surface area contributed by atoms with Crippen LogP contribution in [0.2, 0.25) is 0 Å². The van der Waals surface area contributed by atoms with Gasteiger partial charge in [0.1, 0.15) is 17.5 Å². The number of nitrogens with zero attached hydrogens (tertiary/aromatic N) is 1. The standard InChI is InChI=1S/C17H13FN2O/c1-12-5-2-3-8-16(12)20-17(21)14(11-19)9-13-6-4-7-15(18)10-13/h2-10H,1H3,(H,20,21)/b14-9-. The average molecular weight is 280 g/mol. The van der Waals surface area contributed by atoms with Gasteiger partial charge in [0.05, 0.1) is 0 Å². The summed E-state index contributed by atoms with van der Waals surface area (Å²) in [5.41, 5.74) is 1.92. The Hall–Kier alpha value is -2.93. The minimum Gasteiger partial charge on any atom is -0.321 e. The molecule has 2 rings (SSSR count). The minimum absolute atomic E-state index is 0.0798. The Balaban J connectivity index is 2.24. The van der Waals surface area contributed by atoms with Crippen molar-refractivity contribution >= 4 is 17.7 Å². The fourth-order valence-corrected chi connectivity index (χ4v) is 1.81. The van der Waals surface area contributed by atoms with Crippen LogP contribution in [0.15, 0.2) is 54.1 Å². The van der Waals surface area contributed by atoms with Crippen LogP contribution in [0.3, 0.4) is 0 Å². The third kappa shape index (κ3) is 3.77. The van der Waals surface area contributed by atoms with Crippen LogP contribution in [0, 0.1) is 24.1 Å². The SMILES string of the molecule is Cc1ccccc1NC(=O)/C(C#N)=C\c1cccc(F)c1. The summed E-state index contributed by atoms with van der Waals surface area (Å²) < 4.78 is 13.1. The molecule has 0 spiro atoms. The Bertz CT molecular complexity index is 744. The van der Waals surface area contributed by atoms with Crippen LogP contribution in [0.1, 0.15) is 11.1 Å². The second-order valence-corrected chi connectivity index (χ2v) is 4.49. The van der Waals surface area contributed by atoms with Crippen LogP contribution in [-0.2, 0) is 4.79 Å². The quantitative estimate of drug-likeness (QED) is 0.688. The Morgan fingerprint density at radius 2 is 2.00 bits per heavy atom. The monoisotopic (exact) mass is 280 g/mol. The number of nitrogens with one attached hydrogen (secondary N) is 1. The van der Waals surface area contributed by atoms with Crippen molar-refractivity contribution in [1.29, 1.82) is 5.26 Å². The molecule has 104 valence electrons. The van der Waals surface area contributed by atoms with Gasteiger partial charge in [-0.25, -0.2) is 4.39 Å². The molecule has 0 aliphatic carbocycles. The largest absolute Gasteiger partial charge is 0.321 e. The summed E-state index contributed by atoms with van der Waals surface area (Å²) in [4.78, 5) is 12.1. The summed E-state index contributed by atoms with van der Waals surface area (Å²) in [5.74, 6) is -0.934. The number of para-hydroxylation sites is 1. The highest BCUT2D eigenvalue weighted by molar-refractivity contribution is 6.09. The van der Waals surface area contributed by atoms with Crippen LogP contribution in [0.25, 0.3) is 6.08 Å². The van der Waals surface area contributed by atoms with Gasteiger partial charge < -0.3 is 5.32 Å². The number of anilines is 1. The lowest BCUT2D eigenvalue weighted by Gasteiger charge is -2.07. The summed E-state index contributed by atoms with van der Waals surface area (Å²) in [6.45, 7) is 1.86. The number of benzene rings is 2. The van der Waals surface area contributed by atoms with Gasteiger partial charge in [0.25, 0.3) is 5.91 Å². The molecule has 0 atom stereocenters. The molecule has 0 aliphatic heterocycles. The topological polar surface area (TPSA) is 52.9 Å². The minimum atomic E-state index is -0.518. The number of hydrogen-bond donors (Lipinski definition) is 1. The van der Waals surface area contributed by atoms with E-state index in [1.54, 1.807) is 18.2 Å². The summed E-state index contributed by atoms with van der Waals surface area (Å²) in [5, 5.41) is 11.8. The number of nitriles is 1.